The average Bonchev–Trinajstić information content (AvgIpc) is 2.68. The molecular weight excluding hydrogens is 330 g/mol. The molecule has 0 unspecified atom stereocenters. The van der Waals surface area contributed by atoms with Crippen LogP contribution in [0.5, 0.6) is 11.5 Å². The number of nitrogens with zero attached hydrogens (tertiary/aromatic N) is 2. The summed E-state index contributed by atoms with van der Waals surface area (Å²) in [5.41, 5.74) is 4.58. The third kappa shape index (κ3) is 4.74. The van der Waals surface area contributed by atoms with Crippen molar-refractivity contribution in [2.24, 2.45) is 0 Å². The molecule has 1 aliphatic heterocycles. The Balaban J connectivity index is 1.63. The smallest absolute Gasteiger partial charge is 0.265 e. The number of methoxy groups -OCH3 is 1. The Labute approximate surface area is 154 Å². The van der Waals surface area contributed by atoms with Crippen LogP contribution in [0.3, 0.4) is 0 Å². The lowest BCUT2D eigenvalue weighted by molar-refractivity contribution is 0.0662. The molecule has 0 radical (unpaired) electrons. The van der Waals surface area contributed by atoms with Crippen molar-refractivity contribution in [3.05, 3.63) is 59.7 Å². The molecule has 1 aliphatic rings. The highest BCUT2D eigenvalue weighted by atomic mass is 16.5. The maximum atomic E-state index is 12.5. The zero-order chi connectivity index (χ0) is 18.4. The van der Waals surface area contributed by atoms with Gasteiger partial charge in [-0.25, -0.2) is 5.01 Å². The van der Waals surface area contributed by atoms with Crippen molar-refractivity contribution in [3.63, 3.8) is 0 Å². The fraction of sp³-hybridized carbons (Fsp3) is 0.350. The summed E-state index contributed by atoms with van der Waals surface area (Å²) in [4.78, 5) is 14.7. The molecule has 1 saturated heterocycles. The van der Waals surface area contributed by atoms with Crippen molar-refractivity contribution < 1.29 is 14.3 Å². The molecule has 1 heterocycles. The Morgan fingerprint density at radius 2 is 1.77 bits per heavy atom. The van der Waals surface area contributed by atoms with Crippen LogP contribution in [0.15, 0.2) is 48.5 Å². The van der Waals surface area contributed by atoms with Crippen molar-refractivity contribution in [2.45, 2.75) is 6.61 Å². The quantitative estimate of drug-likeness (QED) is 0.861. The lowest BCUT2D eigenvalue weighted by atomic mass is 10.2. The second kappa shape index (κ2) is 8.69. The highest BCUT2D eigenvalue weighted by Crippen LogP contribution is 2.29. The molecule has 3 rings (SSSR count). The molecule has 2 aromatic rings. The van der Waals surface area contributed by atoms with Crippen molar-refractivity contribution >= 4 is 5.91 Å². The lowest BCUT2D eigenvalue weighted by Gasteiger charge is -2.32. The fourth-order valence-electron chi connectivity index (χ4n) is 2.79. The van der Waals surface area contributed by atoms with Crippen LogP contribution >= 0.6 is 0 Å². The van der Waals surface area contributed by atoms with Crippen LogP contribution in [-0.2, 0) is 6.61 Å². The number of benzene rings is 2. The van der Waals surface area contributed by atoms with E-state index in [9.17, 15) is 4.79 Å². The molecule has 138 valence electrons. The van der Waals surface area contributed by atoms with Gasteiger partial charge in [-0.1, -0.05) is 30.3 Å². The summed E-state index contributed by atoms with van der Waals surface area (Å²) in [5, 5.41) is 1.95. The number of likely N-dealkylation sites (N-methyl/N-ethyl adjacent to an activating group) is 1. The Kier molecular flexibility index (Phi) is 6.09. The van der Waals surface area contributed by atoms with Gasteiger partial charge in [0, 0.05) is 31.7 Å². The van der Waals surface area contributed by atoms with Gasteiger partial charge in [0.1, 0.15) is 6.61 Å². The van der Waals surface area contributed by atoms with Crippen molar-refractivity contribution in [1.29, 1.82) is 0 Å². The van der Waals surface area contributed by atoms with E-state index in [-0.39, 0.29) is 5.91 Å². The molecule has 2 aromatic carbocycles. The number of carbonyl (C=O) groups excluding carboxylic acids is 1. The highest BCUT2D eigenvalue weighted by Gasteiger charge is 2.17. The minimum Gasteiger partial charge on any atom is -0.493 e. The minimum atomic E-state index is -0.137. The van der Waals surface area contributed by atoms with Crippen molar-refractivity contribution in [3.8, 4) is 11.5 Å². The molecule has 0 saturated carbocycles. The van der Waals surface area contributed by atoms with E-state index in [2.05, 4.69) is 17.4 Å². The zero-order valence-corrected chi connectivity index (χ0v) is 15.3. The molecule has 6 nitrogen and oxygen atoms in total. The SMILES string of the molecule is COc1cc(C(=O)NN2CCN(C)CC2)ccc1OCc1ccccc1. The minimum absolute atomic E-state index is 0.137. The van der Waals surface area contributed by atoms with Crippen LogP contribution in [0, 0.1) is 0 Å². The predicted molar refractivity (Wildman–Crippen MR) is 100 cm³/mol. The average molecular weight is 355 g/mol. The first-order valence-electron chi connectivity index (χ1n) is 8.75. The number of amides is 1. The monoisotopic (exact) mass is 355 g/mol. The van der Waals surface area contributed by atoms with Crippen LogP contribution in [0.4, 0.5) is 0 Å². The van der Waals surface area contributed by atoms with Crippen LogP contribution in [0.25, 0.3) is 0 Å². The van der Waals surface area contributed by atoms with Crippen LogP contribution < -0.4 is 14.9 Å². The van der Waals surface area contributed by atoms with E-state index in [0.29, 0.717) is 23.7 Å². The molecule has 0 atom stereocenters. The fourth-order valence-corrected chi connectivity index (χ4v) is 2.79. The second-order valence-electron chi connectivity index (χ2n) is 6.37. The number of nitrogens with one attached hydrogen (secondary N) is 1. The third-order valence-corrected chi connectivity index (χ3v) is 4.43. The summed E-state index contributed by atoms with van der Waals surface area (Å²) < 4.78 is 11.2. The van der Waals surface area contributed by atoms with Gasteiger partial charge in [-0.2, -0.15) is 0 Å². The van der Waals surface area contributed by atoms with E-state index in [1.54, 1.807) is 25.3 Å². The maximum Gasteiger partial charge on any atom is 0.265 e. The van der Waals surface area contributed by atoms with Gasteiger partial charge < -0.3 is 14.4 Å². The van der Waals surface area contributed by atoms with Gasteiger partial charge >= 0.3 is 0 Å². The molecular formula is C20H25N3O3. The van der Waals surface area contributed by atoms with Crippen LogP contribution in [-0.4, -0.2) is 56.2 Å². The summed E-state index contributed by atoms with van der Waals surface area (Å²) in [7, 11) is 3.66. The number of carbonyl (C=O) groups is 1. The molecule has 26 heavy (non-hydrogen) atoms. The van der Waals surface area contributed by atoms with E-state index in [1.165, 1.54) is 0 Å². The summed E-state index contributed by atoms with van der Waals surface area (Å²) in [6, 6.07) is 15.2. The Morgan fingerprint density at radius 1 is 1.04 bits per heavy atom. The van der Waals surface area contributed by atoms with E-state index < -0.39 is 0 Å². The van der Waals surface area contributed by atoms with Gasteiger partial charge in [-0.3, -0.25) is 10.2 Å². The summed E-state index contributed by atoms with van der Waals surface area (Å²) in [5.74, 6) is 1.03. The summed E-state index contributed by atoms with van der Waals surface area (Å²) in [6.07, 6.45) is 0. The number of rotatable bonds is 6. The molecule has 6 heteroatoms. The number of ether oxygens (including phenoxy) is 2. The second-order valence-corrected chi connectivity index (χ2v) is 6.37. The molecule has 1 amide bonds. The Bertz CT molecular complexity index is 728. The molecule has 1 N–H and O–H groups in total. The van der Waals surface area contributed by atoms with Crippen LogP contribution in [0.1, 0.15) is 15.9 Å². The normalized spacial score (nSPS) is 15.5. The van der Waals surface area contributed by atoms with Crippen molar-refractivity contribution in [2.75, 3.05) is 40.3 Å². The highest BCUT2D eigenvalue weighted by molar-refractivity contribution is 5.94. The largest absolute Gasteiger partial charge is 0.493 e. The van der Waals surface area contributed by atoms with Gasteiger partial charge in [0.25, 0.3) is 5.91 Å². The topological polar surface area (TPSA) is 54.0 Å². The molecule has 0 bridgehead atoms. The van der Waals surface area contributed by atoms with E-state index in [1.807, 2.05) is 35.3 Å². The van der Waals surface area contributed by atoms with E-state index >= 15 is 0 Å². The number of hydrogen-bond donors (Lipinski definition) is 1. The van der Waals surface area contributed by atoms with Gasteiger partial charge in [0.15, 0.2) is 11.5 Å². The predicted octanol–water partition coefficient (Wildman–Crippen LogP) is 2.17. The number of hydrogen-bond acceptors (Lipinski definition) is 5. The molecule has 0 aliphatic carbocycles. The third-order valence-electron chi connectivity index (χ3n) is 4.43. The first-order chi connectivity index (χ1) is 12.7. The maximum absolute atomic E-state index is 12.5. The summed E-state index contributed by atoms with van der Waals surface area (Å²) >= 11 is 0. The Hall–Kier alpha value is -2.57. The van der Waals surface area contributed by atoms with Gasteiger partial charge in [-0.05, 0) is 30.8 Å². The first-order valence-corrected chi connectivity index (χ1v) is 8.75. The van der Waals surface area contributed by atoms with E-state index in [4.69, 9.17) is 9.47 Å². The zero-order valence-electron chi connectivity index (χ0n) is 15.3. The molecule has 1 fully saturated rings. The Morgan fingerprint density at radius 3 is 2.46 bits per heavy atom. The first kappa shape index (κ1) is 18.2. The molecule has 0 spiro atoms. The molecule has 0 aromatic heterocycles. The number of hydrazine groups is 1. The van der Waals surface area contributed by atoms with Crippen molar-refractivity contribution in [1.82, 2.24) is 15.3 Å². The van der Waals surface area contributed by atoms with Gasteiger partial charge in [0.2, 0.25) is 0 Å². The van der Waals surface area contributed by atoms with Crippen LogP contribution in [0.2, 0.25) is 0 Å². The van der Waals surface area contributed by atoms with Gasteiger partial charge in [-0.15, -0.1) is 0 Å². The lowest BCUT2D eigenvalue weighted by Crippen LogP contribution is -2.52. The van der Waals surface area contributed by atoms with Gasteiger partial charge in [0.05, 0.1) is 7.11 Å². The summed E-state index contributed by atoms with van der Waals surface area (Å²) in [6.45, 7) is 3.96. The van der Waals surface area contributed by atoms with E-state index in [0.717, 1.165) is 31.7 Å². The number of piperazine rings is 1. The standard InChI is InChI=1S/C20H25N3O3/c1-22-10-12-23(13-11-22)21-20(24)17-8-9-18(19(14-17)25-2)26-15-16-6-4-3-5-7-16/h3-9,14H,10-13,15H2,1-2H3,(H,21,24).